The molecule has 0 unspecified atom stereocenters. The van der Waals surface area contributed by atoms with Crippen LogP contribution in [0.25, 0.3) is 0 Å². The molecule has 0 rings (SSSR count). The molecule has 0 radical (unpaired) electrons. The van der Waals surface area contributed by atoms with E-state index in [0.29, 0.717) is 0 Å². The Labute approximate surface area is 44.9 Å². The third-order valence-electron chi connectivity index (χ3n) is 0. The van der Waals surface area contributed by atoms with Crippen LogP contribution in [0.15, 0.2) is 0 Å². The molecule has 6 heavy (non-hydrogen) atoms. The topological polar surface area (TPSA) is 89.2 Å². The Morgan fingerprint density at radius 2 is 1.50 bits per heavy atom. The van der Waals surface area contributed by atoms with Crippen molar-refractivity contribution < 1.29 is 33.5 Å². The molecule has 0 spiro atoms. The Bertz CT molecular complexity index is 33.8. The normalized spacial score (nSPS) is 5.17. The van der Waals surface area contributed by atoms with Gasteiger partial charge in [-0.2, -0.15) is 0 Å². The Hall–Kier alpha value is -0.147. The van der Waals surface area contributed by atoms with Crippen LogP contribution in [0.1, 0.15) is 0 Å². The Balaban J connectivity index is 0. The summed E-state index contributed by atoms with van der Waals surface area (Å²) in [5.41, 5.74) is 0. The molecule has 0 amide bonds. The maximum atomic E-state index is 8.33. The summed E-state index contributed by atoms with van der Waals surface area (Å²) in [6.45, 7) is 0. The van der Waals surface area contributed by atoms with Gasteiger partial charge in [-0.3, -0.25) is 0 Å². The molecule has 0 aliphatic heterocycles. The second-order valence-electron chi connectivity index (χ2n) is 0.250. The fourth-order valence-electron chi connectivity index (χ4n) is 0. The first-order valence-corrected chi connectivity index (χ1v) is 2.73. The molecule has 2 N–H and O–H groups in total. The van der Waals surface area contributed by atoms with E-state index in [1.807, 2.05) is 0 Å². The average molecular weight is 141 g/mol. The molecule has 0 atom stereocenters. The van der Waals surface area contributed by atoms with E-state index in [9.17, 15) is 0 Å². The SMILES string of the molecule is O=C([O-])[O-].[NH2][Zn+2]. The van der Waals surface area contributed by atoms with E-state index in [-0.39, 0.29) is 0 Å². The summed E-state index contributed by atoms with van der Waals surface area (Å²) in [7, 11) is 0. The predicted octanol–water partition coefficient (Wildman–Crippen LogP) is -3.04. The summed E-state index contributed by atoms with van der Waals surface area (Å²) in [4.78, 5) is 8.33. The first-order valence-electron chi connectivity index (χ1n) is 1.02. The number of hydrogen-bond acceptors (Lipinski definition) is 4. The molecule has 0 fully saturated rings. The van der Waals surface area contributed by atoms with Gasteiger partial charge in [-0.05, 0) is 6.16 Å². The second kappa shape index (κ2) is 8.85. The number of carbonyl (C=O) groups is 1. The van der Waals surface area contributed by atoms with Gasteiger partial charge in [-0.25, -0.2) is 0 Å². The molecule has 0 saturated carbocycles. The molecule has 0 aromatic carbocycles. The van der Waals surface area contributed by atoms with Gasteiger partial charge in [-0.1, -0.05) is 0 Å². The van der Waals surface area contributed by atoms with Crippen LogP contribution >= 0.6 is 0 Å². The van der Waals surface area contributed by atoms with Gasteiger partial charge >= 0.3 is 23.0 Å². The van der Waals surface area contributed by atoms with Gasteiger partial charge in [0.25, 0.3) is 0 Å². The van der Waals surface area contributed by atoms with E-state index < -0.39 is 6.16 Å². The summed E-state index contributed by atoms with van der Waals surface area (Å²) >= 11 is 0.875. The molecule has 0 heterocycles. The summed E-state index contributed by atoms with van der Waals surface area (Å²) in [6, 6.07) is 0. The van der Waals surface area contributed by atoms with Crippen molar-refractivity contribution in [2.45, 2.75) is 0 Å². The first kappa shape index (κ1) is 9.29. The van der Waals surface area contributed by atoms with Crippen molar-refractivity contribution in [3.63, 3.8) is 0 Å². The van der Waals surface area contributed by atoms with Crippen molar-refractivity contribution in [3.05, 3.63) is 0 Å². The third-order valence-corrected chi connectivity index (χ3v) is 0. The Morgan fingerprint density at radius 1 is 1.50 bits per heavy atom. The van der Waals surface area contributed by atoms with Gasteiger partial charge in [0, 0.05) is 0 Å². The number of rotatable bonds is 0. The quantitative estimate of drug-likeness (QED) is 0.363. The van der Waals surface area contributed by atoms with Gasteiger partial charge in [0.1, 0.15) is 0 Å². The molecular weight excluding hydrogens is 139 g/mol. The van der Waals surface area contributed by atoms with E-state index in [1.54, 1.807) is 0 Å². The zero-order chi connectivity index (χ0) is 5.58. The van der Waals surface area contributed by atoms with Crippen LogP contribution in [0.3, 0.4) is 0 Å². The molecular formula is CH2NO3Zn. The van der Waals surface area contributed by atoms with Crippen LogP contribution in [-0.2, 0) is 18.5 Å². The van der Waals surface area contributed by atoms with Crippen LogP contribution in [0.2, 0.25) is 0 Å². The van der Waals surface area contributed by atoms with Crippen molar-refractivity contribution >= 4 is 6.16 Å². The first-order chi connectivity index (χ1) is 2.73. The molecule has 31 valence electrons. The van der Waals surface area contributed by atoms with Gasteiger partial charge in [-0.15, -0.1) is 0 Å². The molecule has 0 bridgehead atoms. The molecule has 0 aliphatic rings. The van der Waals surface area contributed by atoms with Crippen molar-refractivity contribution in [2.24, 2.45) is 4.48 Å². The molecule has 0 aromatic heterocycles. The fraction of sp³-hybridized carbons (Fsp3) is 0. The van der Waals surface area contributed by atoms with E-state index in [1.165, 1.54) is 0 Å². The van der Waals surface area contributed by atoms with Crippen LogP contribution in [0, 0.1) is 0 Å². The molecule has 0 saturated heterocycles. The molecule has 0 aliphatic carbocycles. The minimum absolute atomic E-state index is 0.875. The summed E-state index contributed by atoms with van der Waals surface area (Å²) in [5.74, 6) is 0. The van der Waals surface area contributed by atoms with Crippen LogP contribution in [0.4, 0.5) is 4.79 Å². The second-order valence-corrected chi connectivity index (χ2v) is 0.250. The molecule has 4 nitrogen and oxygen atoms in total. The zero-order valence-corrected chi connectivity index (χ0v) is 5.98. The van der Waals surface area contributed by atoms with E-state index in [4.69, 9.17) is 15.0 Å². The predicted molar refractivity (Wildman–Crippen MR) is 9.58 cm³/mol. The maximum absolute atomic E-state index is 8.33. The number of carbonyl (C=O) groups excluding carboxylic acids is 1. The van der Waals surface area contributed by atoms with Gasteiger partial charge in [0.15, 0.2) is 0 Å². The van der Waals surface area contributed by atoms with Crippen molar-refractivity contribution in [1.82, 2.24) is 0 Å². The standard InChI is InChI=1S/CH2O3.H2N.Zn/c2-1(3)4;;/h(H2,2,3,4);1H2;/q;-1;+3/p-2. The Morgan fingerprint density at radius 3 is 1.50 bits per heavy atom. The van der Waals surface area contributed by atoms with Crippen molar-refractivity contribution in [2.75, 3.05) is 0 Å². The summed E-state index contributed by atoms with van der Waals surface area (Å²) in [5, 5.41) is 16.7. The zero-order valence-electron chi connectivity index (χ0n) is 3.01. The minimum atomic E-state index is -2.33. The summed E-state index contributed by atoms with van der Waals surface area (Å²) < 4.78 is 4.62. The van der Waals surface area contributed by atoms with Crippen LogP contribution in [-0.4, -0.2) is 6.16 Å². The third kappa shape index (κ3) is 1460. The molecule has 0 aromatic rings. The van der Waals surface area contributed by atoms with Gasteiger partial charge in [0.2, 0.25) is 0 Å². The van der Waals surface area contributed by atoms with E-state index in [2.05, 4.69) is 4.48 Å². The summed E-state index contributed by atoms with van der Waals surface area (Å²) in [6.07, 6.45) is -2.33. The molecule has 5 heteroatoms. The Kier molecular flexibility index (Phi) is 13.7. The van der Waals surface area contributed by atoms with Crippen LogP contribution < -0.4 is 14.7 Å². The van der Waals surface area contributed by atoms with E-state index >= 15 is 0 Å². The van der Waals surface area contributed by atoms with Gasteiger partial charge < -0.3 is 15.0 Å². The fourth-order valence-corrected chi connectivity index (χ4v) is 0. The monoisotopic (exact) mass is 140 g/mol. The van der Waals surface area contributed by atoms with Crippen molar-refractivity contribution in [1.29, 1.82) is 0 Å². The number of carboxylic acid groups (broad SMARTS) is 2. The van der Waals surface area contributed by atoms with Crippen molar-refractivity contribution in [3.8, 4) is 0 Å². The van der Waals surface area contributed by atoms with E-state index in [0.717, 1.165) is 18.5 Å². The number of nitrogens with two attached hydrogens (primary N) is 1. The van der Waals surface area contributed by atoms with Crippen LogP contribution in [0.5, 0.6) is 0 Å². The van der Waals surface area contributed by atoms with Gasteiger partial charge in [0.05, 0.1) is 0 Å². The number of hydrogen-bond donors (Lipinski definition) is 1. The average Bonchev–Trinajstić information content (AvgIpc) is 1.41.